The van der Waals surface area contributed by atoms with Crippen molar-refractivity contribution in [2.75, 3.05) is 13.3 Å². The van der Waals surface area contributed by atoms with Crippen LogP contribution in [-0.4, -0.2) is 24.3 Å². The van der Waals surface area contributed by atoms with Crippen LogP contribution in [0.5, 0.6) is 0 Å². The first-order chi connectivity index (χ1) is 11.1. The van der Waals surface area contributed by atoms with E-state index in [0.29, 0.717) is 21.2 Å². The van der Waals surface area contributed by atoms with Crippen LogP contribution in [0.3, 0.4) is 0 Å². The number of oxime groups is 1. The summed E-state index contributed by atoms with van der Waals surface area (Å²) in [6.45, 7) is -1.63. The van der Waals surface area contributed by atoms with Gasteiger partial charge in [-0.3, -0.25) is 8.78 Å². The molecule has 2 rings (SSSR count). The molecule has 0 aliphatic heterocycles. The van der Waals surface area contributed by atoms with E-state index in [1.807, 2.05) is 0 Å². The first kappa shape index (κ1) is 17.7. The van der Waals surface area contributed by atoms with Crippen LogP contribution in [0.2, 0.25) is 10.0 Å². The van der Waals surface area contributed by atoms with Gasteiger partial charge in [0.2, 0.25) is 0 Å². The van der Waals surface area contributed by atoms with Gasteiger partial charge >= 0.3 is 0 Å². The van der Waals surface area contributed by atoms with E-state index in [1.54, 1.807) is 48.5 Å². The van der Waals surface area contributed by atoms with Crippen LogP contribution in [0.25, 0.3) is 0 Å². The maximum Gasteiger partial charge on any atom is 0.102 e. The molecule has 0 radical (unpaired) electrons. The lowest BCUT2D eigenvalue weighted by Gasteiger charge is -2.22. The summed E-state index contributed by atoms with van der Waals surface area (Å²) in [6.07, 6.45) is 0. The van der Waals surface area contributed by atoms with Gasteiger partial charge in [0.15, 0.2) is 0 Å². The summed E-state index contributed by atoms with van der Waals surface area (Å²) < 4.78 is 27.2. The Morgan fingerprint density at radius 3 is 1.43 bits per heavy atom. The van der Waals surface area contributed by atoms with Crippen molar-refractivity contribution in [1.29, 1.82) is 0 Å². The fourth-order valence-corrected chi connectivity index (χ4v) is 2.70. The molecule has 1 N–H and O–H groups in total. The van der Waals surface area contributed by atoms with Gasteiger partial charge in [0.25, 0.3) is 0 Å². The molecule has 0 aliphatic carbocycles. The summed E-state index contributed by atoms with van der Waals surface area (Å²) in [5.41, 5.74) is 1.16. The Hall–Kier alpha value is -1.65. The van der Waals surface area contributed by atoms with E-state index < -0.39 is 25.2 Å². The molecule has 0 amide bonds. The first-order valence-corrected chi connectivity index (χ1v) is 7.71. The molecule has 2 aromatic rings. The number of halogens is 4. The molecule has 2 aromatic carbocycles. The molecule has 0 aliphatic rings. The van der Waals surface area contributed by atoms with Crippen LogP contribution < -0.4 is 0 Å². The van der Waals surface area contributed by atoms with E-state index in [-0.39, 0.29) is 5.71 Å². The molecule has 2 atom stereocenters. The second kappa shape index (κ2) is 8.27. The monoisotopic (exact) mass is 357 g/mol. The molecule has 0 aromatic heterocycles. The van der Waals surface area contributed by atoms with Gasteiger partial charge < -0.3 is 5.21 Å². The van der Waals surface area contributed by atoms with Gasteiger partial charge in [-0.1, -0.05) is 52.6 Å². The highest BCUT2D eigenvalue weighted by Crippen LogP contribution is 2.30. The summed E-state index contributed by atoms with van der Waals surface area (Å²) >= 11 is 11.7. The van der Waals surface area contributed by atoms with Crippen LogP contribution in [0.1, 0.15) is 23.0 Å². The second-order valence-corrected chi connectivity index (χ2v) is 5.91. The highest BCUT2D eigenvalue weighted by atomic mass is 35.5. The summed E-state index contributed by atoms with van der Waals surface area (Å²) in [4.78, 5) is 0. The molecule has 0 saturated heterocycles. The molecule has 122 valence electrons. The third-order valence-corrected chi connectivity index (χ3v) is 4.19. The topological polar surface area (TPSA) is 32.6 Å². The van der Waals surface area contributed by atoms with Crippen molar-refractivity contribution in [3.8, 4) is 0 Å². The molecule has 0 saturated carbocycles. The molecule has 0 spiro atoms. The summed E-state index contributed by atoms with van der Waals surface area (Å²) in [5, 5.41) is 13.6. The zero-order chi connectivity index (χ0) is 16.8. The number of hydrogen-bond donors (Lipinski definition) is 1. The minimum atomic E-state index is -0.853. The third kappa shape index (κ3) is 4.21. The van der Waals surface area contributed by atoms with E-state index in [0.717, 1.165) is 0 Å². The average Bonchev–Trinajstić information content (AvgIpc) is 2.57. The quantitative estimate of drug-likeness (QED) is 0.405. The Bertz CT molecular complexity index is 604. The molecule has 0 fully saturated rings. The van der Waals surface area contributed by atoms with Gasteiger partial charge in [0.05, 0.1) is 17.5 Å². The van der Waals surface area contributed by atoms with Crippen molar-refractivity contribution in [3.63, 3.8) is 0 Å². The zero-order valence-corrected chi connectivity index (χ0v) is 13.6. The van der Waals surface area contributed by atoms with Gasteiger partial charge in [-0.15, -0.1) is 0 Å². The zero-order valence-electron chi connectivity index (χ0n) is 12.1. The maximum atomic E-state index is 13.6. The van der Waals surface area contributed by atoms with E-state index in [9.17, 15) is 14.0 Å². The number of rotatable bonds is 6. The maximum absolute atomic E-state index is 13.6. The predicted molar refractivity (Wildman–Crippen MR) is 89.6 cm³/mol. The van der Waals surface area contributed by atoms with Crippen LogP contribution in [0, 0.1) is 0 Å². The van der Waals surface area contributed by atoms with Crippen molar-refractivity contribution < 1.29 is 14.0 Å². The van der Waals surface area contributed by atoms with Crippen LogP contribution in [0.4, 0.5) is 8.78 Å². The van der Waals surface area contributed by atoms with E-state index in [2.05, 4.69) is 5.16 Å². The van der Waals surface area contributed by atoms with Crippen molar-refractivity contribution in [3.05, 3.63) is 69.7 Å². The van der Waals surface area contributed by atoms with Crippen molar-refractivity contribution >= 4 is 28.9 Å². The normalized spacial score (nSPS) is 13.4. The number of benzene rings is 2. The molecular formula is C17H15Cl2F2NO. The fraction of sp³-hybridized carbons (Fsp3) is 0.235. The van der Waals surface area contributed by atoms with Crippen molar-refractivity contribution in [2.45, 2.75) is 11.8 Å². The highest BCUT2D eigenvalue weighted by Gasteiger charge is 2.28. The van der Waals surface area contributed by atoms with E-state index >= 15 is 0 Å². The van der Waals surface area contributed by atoms with Crippen molar-refractivity contribution in [1.82, 2.24) is 0 Å². The summed E-state index contributed by atoms with van der Waals surface area (Å²) in [7, 11) is 0. The standard InChI is InChI=1S/C17H15Cl2F2NO/c18-13-5-1-11(2-6-13)15(9-20)17(22-23)16(10-21)12-3-7-14(19)8-4-12/h1-8,15-16,23H,9-10H2. The lowest BCUT2D eigenvalue weighted by molar-refractivity contribution is 0.309. The largest absolute Gasteiger partial charge is 0.411 e. The van der Waals surface area contributed by atoms with Gasteiger partial charge in [-0.2, -0.15) is 0 Å². The van der Waals surface area contributed by atoms with E-state index in [4.69, 9.17) is 23.2 Å². The van der Waals surface area contributed by atoms with E-state index in [1.165, 1.54) is 0 Å². The predicted octanol–water partition coefficient (Wildman–Crippen LogP) is 5.63. The molecule has 6 heteroatoms. The lowest BCUT2D eigenvalue weighted by atomic mass is 9.84. The first-order valence-electron chi connectivity index (χ1n) is 6.95. The number of hydrogen-bond acceptors (Lipinski definition) is 2. The Balaban J connectivity index is 2.38. The summed E-state index contributed by atoms with van der Waals surface area (Å²) in [5.74, 6) is -1.71. The van der Waals surface area contributed by atoms with Gasteiger partial charge in [-0.25, -0.2) is 0 Å². The Morgan fingerprint density at radius 1 is 0.826 bits per heavy atom. The average molecular weight is 358 g/mol. The molecule has 2 unspecified atom stereocenters. The molecule has 2 nitrogen and oxygen atoms in total. The molecule has 0 bridgehead atoms. The Morgan fingerprint density at radius 2 is 1.17 bits per heavy atom. The minimum Gasteiger partial charge on any atom is -0.411 e. The van der Waals surface area contributed by atoms with Gasteiger partial charge in [-0.05, 0) is 35.4 Å². The van der Waals surface area contributed by atoms with Gasteiger partial charge in [0.1, 0.15) is 13.3 Å². The molecule has 23 heavy (non-hydrogen) atoms. The highest BCUT2D eigenvalue weighted by molar-refractivity contribution is 6.30. The Labute approximate surface area is 143 Å². The van der Waals surface area contributed by atoms with Crippen LogP contribution in [0.15, 0.2) is 53.7 Å². The minimum absolute atomic E-state index is 0.0274. The fourth-order valence-electron chi connectivity index (χ4n) is 2.45. The second-order valence-electron chi connectivity index (χ2n) is 5.04. The Kier molecular flexibility index (Phi) is 6.37. The smallest absolute Gasteiger partial charge is 0.102 e. The lowest BCUT2D eigenvalue weighted by Crippen LogP contribution is -2.24. The summed E-state index contributed by atoms with van der Waals surface area (Å²) in [6, 6.07) is 13.0. The number of nitrogens with zero attached hydrogens (tertiary/aromatic N) is 1. The van der Waals surface area contributed by atoms with Crippen LogP contribution in [-0.2, 0) is 0 Å². The number of alkyl halides is 2. The molecule has 0 heterocycles. The van der Waals surface area contributed by atoms with Gasteiger partial charge in [0, 0.05) is 10.0 Å². The third-order valence-electron chi connectivity index (χ3n) is 3.68. The molecular weight excluding hydrogens is 343 g/mol. The van der Waals surface area contributed by atoms with Crippen molar-refractivity contribution in [2.24, 2.45) is 5.16 Å². The van der Waals surface area contributed by atoms with Crippen LogP contribution >= 0.6 is 23.2 Å². The SMILES string of the molecule is ON=C(C(CF)c1ccc(Cl)cc1)C(CF)c1ccc(Cl)cc1.